The summed E-state index contributed by atoms with van der Waals surface area (Å²) in [5.41, 5.74) is 2.82. The van der Waals surface area contributed by atoms with Gasteiger partial charge in [0.25, 0.3) is 0 Å². The van der Waals surface area contributed by atoms with Gasteiger partial charge in [0.2, 0.25) is 0 Å². The van der Waals surface area contributed by atoms with Gasteiger partial charge in [0.05, 0.1) is 0 Å². The van der Waals surface area contributed by atoms with Crippen LogP contribution in [-0.2, 0) is 13.0 Å². The van der Waals surface area contributed by atoms with Gasteiger partial charge in [0.15, 0.2) is 0 Å². The van der Waals surface area contributed by atoms with Crippen LogP contribution in [0.1, 0.15) is 30.9 Å². The van der Waals surface area contributed by atoms with Crippen LogP contribution in [0.3, 0.4) is 0 Å². The van der Waals surface area contributed by atoms with Crippen molar-refractivity contribution < 1.29 is 24.8 Å². The quantitative estimate of drug-likeness (QED) is 0.586. The number of benzene rings is 1. The molecule has 2 rings (SSSR count). The van der Waals surface area contributed by atoms with E-state index in [1.807, 2.05) is 0 Å². The van der Waals surface area contributed by atoms with Crippen molar-refractivity contribution in [2.45, 2.75) is 32.7 Å². The predicted octanol–water partition coefficient (Wildman–Crippen LogP) is -3.65. The van der Waals surface area contributed by atoms with Gasteiger partial charge in [-0.05, 0) is 55.9 Å². The maximum absolute atomic E-state index is 3.58. The zero-order valence-corrected chi connectivity index (χ0v) is 13.1. The Morgan fingerprint density at radius 3 is 2.21 bits per heavy atom. The fourth-order valence-electron chi connectivity index (χ4n) is 2.40. The molecule has 2 N–H and O–H groups in total. The van der Waals surface area contributed by atoms with E-state index in [-0.39, 0.29) is 24.8 Å². The van der Waals surface area contributed by atoms with Crippen LogP contribution in [0.25, 0.3) is 0 Å². The molecule has 0 unspecified atom stereocenters. The third kappa shape index (κ3) is 6.62. The van der Waals surface area contributed by atoms with Crippen molar-refractivity contribution in [2.24, 2.45) is 5.92 Å². The van der Waals surface area contributed by atoms with Gasteiger partial charge in [0, 0.05) is 6.54 Å². The van der Waals surface area contributed by atoms with Gasteiger partial charge in [-0.2, -0.15) is 0 Å². The summed E-state index contributed by atoms with van der Waals surface area (Å²) in [6, 6.07) is 8.96. The highest BCUT2D eigenvalue weighted by Crippen LogP contribution is 2.10. The van der Waals surface area contributed by atoms with Crippen molar-refractivity contribution >= 4 is 0 Å². The summed E-state index contributed by atoms with van der Waals surface area (Å²) in [5, 5.41) is 6.99. The minimum absolute atomic E-state index is 0. The Labute approximate surface area is 129 Å². The average molecular weight is 303 g/mol. The lowest BCUT2D eigenvalue weighted by Gasteiger charge is -2.22. The van der Waals surface area contributed by atoms with E-state index < -0.39 is 0 Å². The number of halogens is 2. The Morgan fingerprint density at radius 1 is 1.05 bits per heavy atom. The van der Waals surface area contributed by atoms with Crippen LogP contribution >= 0.6 is 0 Å². The second-order valence-electron chi connectivity index (χ2n) is 4.99. The molecule has 0 spiro atoms. The molecule has 110 valence electrons. The van der Waals surface area contributed by atoms with Crippen LogP contribution in [0, 0.1) is 5.92 Å². The highest BCUT2D eigenvalue weighted by Gasteiger charge is 2.11. The fraction of sp³-hybridized carbons (Fsp3) is 0.600. The molecule has 0 atom stereocenters. The molecule has 2 nitrogen and oxygen atoms in total. The maximum atomic E-state index is 3.58. The smallest absolute Gasteiger partial charge is 0.0205 e. The molecule has 0 saturated carbocycles. The molecule has 0 bridgehead atoms. The Bertz CT molecular complexity index is 321. The minimum atomic E-state index is 0. The standard InChI is InChI=1S/C15H24N2.2ClH/c1-2-13-3-5-14(6-4-13)11-17-12-15-7-9-16-10-8-15;;/h3-6,15-17H,2,7-12H2,1H3;2*1H/p-2. The first-order valence-electron chi connectivity index (χ1n) is 6.87. The predicted molar refractivity (Wildman–Crippen MR) is 73.1 cm³/mol. The summed E-state index contributed by atoms with van der Waals surface area (Å²) in [4.78, 5) is 0. The molecule has 1 aliphatic rings. The minimum Gasteiger partial charge on any atom is -1.00 e. The van der Waals surface area contributed by atoms with Gasteiger partial charge in [-0.15, -0.1) is 0 Å². The molecular weight excluding hydrogens is 279 g/mol. The van der Waals surface area contributed by atoms with Gasteiger partial charge in [-0.25, -0.2) is 0 Å². The van der Waals surface area contributed by atoms with E-state index in [1.165, 1.54) is 37.1 Å². The molecule has 0 radical (unpaired) electrons. The van der Waals surface area contributed by atoms with E-state index in [4.69, 9.17) is 0 Å². The molecule has 0 aromatic heterocycles. The number of aryl methyl sites for hydroxylation is 1. The van der Waals surface area contributed by atoms with Crippen LogP contribution in [0.4, 0.5) is 0 Å². The van der Waals surface area contributed by atoms with Crippen LogP contribution in [0.5, 0.6) is 0 Å². The third-order valence-corrected chi connectivity index (χ3v) is 3.65. The molecule has 1 aromatic carbocycles. The largest absolute Gasteiger partial charge is 1.00 e. The van der Waals surface area contributed by atoms with Gasteiger partial charge in [0.1, 0.15) is 0 Å². The van der Waals surface area contributed by atoms with Gasteiger partial charge >= 0.3 is 0 Å². The van der Waals surface area contributed by atoms with E-state index in [0.717, 1.165) is 25.4 Å². The second-order valence-corrected chi connectivity index (χ2v) is 4.99. The summed E-state index contributed by atoms with van der Waals surface area (Å²) in [6.45, 7) is 6.75. The molecule has 19 heavy (non-hydrogen) atoms. The Kier molecular flexibility index (Phi) is 10.3. The highest BCUT2D eigenvalue weighted by molar-refractivity contribution is 5.22. The SMILES string of the molecule is CCc1ccc(CNCC2CCNCC2)cc1.[Cl-].[Cl-]. The molecule has 4 heteroatoms. The van der Waals surface area contributed by atoms with Crippen LogP contribution in [0.2, 0.25) is 0 Å². The number of rotatable bonds is 5. The van der Waals surface area contributed by atoms with Crippen molar-refractivity contribution in [3.8, 4) is 0 Å². The van der Waals surface area contributed by atoms with Crippen molar-refractivity contribution in [2.75, 3.05) is 19.6 Å². The molecule has 1 aliphatic heterocycles. The highest BCUT2D eigenvalue weighted by atomic mass is 35.5. The van der Waals surface area contributed by atoms with E-state index >= 15 is 0 Å². The van der Waals surface area contributed by atoms with Gasteiger partial charge < -0.3 is 35.4 Å². The first-order chi connectivity index (χ1) is 8.38. The molecule has 1 heterocycles. The lowest BCUT2D eigenvalue weighted by Crippen LogP contribution is -3.00. The molecule has 1 aromatic rings. The summed E-state index contributed by atoms with van der Waals surface area (Å²) in [5.74, 6) is 0.867. The summed E-state index contributed by atoms with van der Waals surface area (Å²) < 4.78 is 0. The van der Waals surface area contributed by atoms with Crippen LogP contribution in [0.15, 0.2) is 24.3 Å². The van der Waals surface area contributed by atoms with Gasteiger partial charge in [-0.3, -0.25) is 0 Å². The maximum Gasteiger partial charge on any atom is 0.0205 e. The van der Waals surface area contributed by atoms with Crippen molar-refractivity contribution in [1.29, 1.82) is 0 Å². The first kappa shape index (κ1) is 18.7. The number of nitrogens with one attached hydrogen (secondary N) is 2. The van der Waals surface area contributed by atoms with E-state index in [2.05, 4.69) is 41.8 Å². The van der Waals surface area contributed by atoms with E-state index in [0.29, 0.717) is 0 Å². The fourth-order valence-corrected chi connectivity index (χ4v) is 2.40. The zero-order chi connectivity index (χ0) is 11.9. The van der Waals surface area contributed by atoms with E-state index in [9.17, 15) is 0 Å². The Balaban J connectivity index is 0.00000162. The summed E-state index contributed by atoms with van der Waals surface area (Å²) in [6.07, 6.45) is 3.77. The molecule has 0 amide bonds. The molecular formula is C15H24Cl2N2-2. The summed E-state index contributed by atoms with van der Waals surface area (Å²) >= 11 is 0. The van der Waals surface area contributed by atoms with Crippen LogP contribution < -0.4 is 35.4 Å². The first-order valence-corrected chi connectivity index (χ1v) is 6.87. The molecule has 0 aliphatic carbocycles. The Hall–Kier alpha value is -0.280. The van der Waals surface area contributed by atoms with Crippen molar-refractivity contribution in [1.82, 2.24) is 10.6 Å². The normalized spacial score (nSPS) is 15.4. The Morgan fingerprint density at radius 2 is 1.63 bits per heavy atom. The number of hydrogen-bond donors (Lipinski definition) is 2. The monoisotopic (exact) mass is 302 g/mol. The van der Waals surface area contributed by atoms with Crippen molar-refractivity contribution in [3.05, 3.63) is 35.4 Å². The third-order valence-electron chi connectivity index (χ3n) is 3.65. The van der Waals surface area contributed by atoms with Crippen molar-refractivity contribution in [3.63, 3.8) is 0 Å². The average Bonchev–Trinajstić information content (AvgIpc) is 2.41. The second kappa shape index (κ2) is 10.5. The lowest BCUT2D eigenvalue weighted by atomic mass is 9.98. The van der Waals surface area contributed by atoms with E-state index in [1.54, 1.807) is 0 Å². The number of hydrogen-bond acceptors (Lipinski definition) is 2. The zero-order valence-electron chi connectivity index (χ0n) is 11.6. The summed E-state index contributed by atoms with van der Waals surface area (Å²) in [7, 11) is 0. The molecule has 1 saturated heterocycles. The number of piperidine rings is 1. The molecule has 1 fully saturated rings. The van der Waals surface area contributed by atoms with Crippen LogP contribution in [-0.4, -0.2) is 19.6 Å². The topological polar surface area (TPSA) is 24.1 Å². The lowest BCUT2D eigenvalue weighted by molar-refractivity contribution is -0.00100. The van der Waals surface area contributed by atoms with Gasteiger partial charge in [-0.1, -0.05) is 31.2 Å².